The molecule has 1 N–H and O–H groups in total. The van der Waals surface area contributed by atoms with E-state index in [1.54, 1.807) is 22.5 Å². The molecule has 1 aliphatic rings. The minimum Gasteiger partial charge on any atom is -0.316 e. The van der Waals surface area contributed by atoms with Gasteiger partial charge in [-0.3, -0.25) is 0 Å². The lowest BCUT2D eigenvalue weighted by atomic mass is 9.97. The van der Waals surface area contributed by atoms with Gasteiger partial charge < -0.3 is 5.32 Å². The van der Waals surface area contributed by atoms with Crippen LogP contribution in [0.4, 0.5) is 0 Å². The summed E-state index contributed by atoms with van der Waals surface area (Å²) in [6.07, 6.45) is 3.07. The molecule has 1 unspecified atom stereocenters. The van der Waals surface area contributed by atoms with Crippen molar-refractivity contribution in [2.45, 2.75) is 37.6 Å². The van der Waals surface area contributed by atoms with E-state index in [0.717, 1.165) is 24.8 Å². The van der Waals surface area contributed by atoms with Gasteiger partial charge in [0.25, 0.3) is 0 Å². The summed E-state index contributed by atoms with van der Waals surface area (Å²) < 4.78 is 27.0. The van der Waals surface area contributed by atoms with Crippen molar-refractivity contribution in [2.24, 2.45) is 5.92 Å². The SMILES string of the molecule is CCC1CCCN(S(=O)(=O)c2ccc(CNC)c(Cl)c2)C1. The van der Waals surface area contributed by atoms with Crippen LogP contribution in [0.5, 0.6) is 0 Å². The summed E-state index contributed by atoms with van der Waals surface area (Å²) in [7, 11) is -1.60. The zero-order valence-electron chi connectivity index (χ0n) is 12.6. The van der Waals surface area contributed by atoms with E-state index in [1.165, 1.54) is 0 Å². The number of nitrogens with one attached hydrogen (secondary N) is 1. The van der Waals surface area contributed by atoms with Gasteiger partial charge in [0.2, 0.25) is 10.0 Å². The fourth-order valence-corrected chi connectivity index (χ4v) is 4.64. The molecule has 118 valence electrons. The Balaban J connectivity index is 2.25. The van der Waals surface area contributed by atoms with Gasteiger partial charge in [-0.05, 0) is 43.5 Å². The van der Waals surface area contributed by atoms with E-state index in [9.17, 15) is 8.42 Å². The van der Waals surface area contributed by atoms with Crippen molar-refractivity contribution in [3.63, 3.8) is 0 Å². The lowest BCUT2D eigenvalue weighted by molar-refractivity contribution is 0.261. The molecule has 1 aliphatic heterocycles. The molecular formula is C15H23ClN2O2S. The highest BCUT2D eigenvalue weighted by Gasteiger charge is 2.29. The number of piperidine rings is 1. The van der Waals surface area contributed by atoms with Crippen molar-refractivity contribution in [1.29, 1.82) is 0 Å². The first-order valence-corrected chi connectivity index (χ1v) is 9.24. The molecule has 1 saturated heterocycles. The Morgan fingerprint density at radius 2 is 2.19 bits per heavy atom. The Labute approximate surface area is 132 Å². The summed E-state index contributed by atoms with van der Waals surface area (Å²) in [6, 6.07) is 5.01. The van der Waals surface area contributed by atoms with Gasteiger partial charge >= 0.3 is 0 Å². The summed E-state index contributed by atoms with van der Waals surface area (Å²) in [5, 5.41) is 3.51. The normalized spacial score (nSPS) is 20.6. The number of sulfonamides is 1. The van der Waals surface area contributed by atoms with Crippen LogP contribution in [0.15, 0.2) is 23.1 Å². The average Bonchev–Trinajstić information content (AvgIpc) is 2.49. The molecule has 1 aromatic carbocycles. The second kappa shape index (κ2) is 7.09. The van der Waals surface area contributed by atoms with Crippen LogP contribution in [0.2, 0.25) is 5.02 Å². The van der Waals surface area contributed by atoms with E-state index >= 15 is 0 Å². The van der Waals surface area contributed by atoms with Crippen molar-refractivity contribution in [1.82, 2.24) is 9.62 Å². The predicted octanol–water partition coefficient (Wildman–Crippen LogP) is 2.87. The molecule has 0 amide bonds. The monoisotopic (exact) mass is 330 g/mol. The van der Waals surface area contributed by atoms with Crippen LogP contribution in [0.1, 0.15) is 31.7 Å². The Morgan fingerprint density at radius 3 is 2.81 bits per heavy atom. The molecule has 0 aromatic heterocycles. The van der Waals surface area contributed by atoms with Gasteiger partial charge in [0, 0.05) is 24.7 Å². The highest BCUT2D eigenvalue weighted by molar-refractivity contribution is 7.89. The van der Waals surface area contributed by atoms with E-state index in [-0.39, 0.29) is 0 Å². The molecule has 0 saturated carbocycles. The lowest BCUT2D eigenvalue weighted by Crippen LogP contribution is -2.39. The summed E-state index contributed by atoms with van der Waals surface area (Å²) in [5.74, 6) is 0.465. The number of hydrogen-bond donors (Lipinski definition) is 1. The second-order valence-electron chi connectivity index (χ2n) is 5.56. The number of rotatable bonds is 5. The summed E-state index contributed by atoms with van der Waals surface area (Å²) in [6.45, 7) is 3.97. The highest BCUT2D eigenvalue weighted by atomic mass is 35.5. The smallest absolute Gasteiger partial charge is 0.243 e. The van der Waals surface area contributed by atoms with Crippen LogP contribution in [0, 0.1) is 5.92 Å². The zero-order valence-corrected chi connectivity index (χ0v) is 14.2. The number of benzene rings is 1. The summed E-state index contributed by atoms with van der Waals surface area (Å²) in [5.41, 5.74) is 0.906. The van der Waals surface area contributed by atoms with E-state index in [1.807, 2.05) is 7.05 Å². The Hall–Kier alpha value is -0.620. The first-order chi connectivity index (χ1) is 9.98. The van der Waals surface area contributed by atoms with Crippen molar-refractivity contribution < 1.29 is 8.42 Å². The first-order valence-electron chi connectivity index (χ1n) is 7.42. The van der Waals surface area contributed by atoms with E-state index in [4.69, 9.17) is 11.6 Å². The standard InChI is InChI=1S/C15H23ClN2O2S/c1-3-12-5-4-8-18(11-12)21(19,20)14-7-6-13(10-17-2)15(16)9-14/h6-7,9,12,17H,3-5,8,10-11H2,1-2H3. The van der Waals surface area contributed by atoms with Crippen LogP contribution >= 0.6 is 11.6 Å². The van der Waals surface area contributed by atoms with Gasteiger partial charge in [-0.25, -0.2) is 8.42 Å². The van der Waals surface area contributed by atoms with E-state index < -0.39 is 10.0 Å². The first kappa shape index (κ1) is 16.7. The van der Waals surface area contributed by atoms with Crippen LogP contribution in [0.3, 0.4) is 0 Å². The third-order valence-electron chi connectivity index (χ3n) is 4.09. The molecular weight excluding hydrogens is 308 g/mol. The summed E-state index contributed by atoms with van der Waals surface area (Å²) in [4.78, 5) is 0.295. The van der Waals surface area contributed by atoms with E-state index in [0.29, 0.717) is 35.5 Å². The Morgan fingerprint density at radius 1 is 1.43 bits per heavy atom. The number of nitrogens with zero attached hydrogens (tertiary/aromatic N) is 1. The second-order valence-corrected chi connectivity index (χ2v) is 7.91. The molecule has 6 heteroatoms. The molecule has 0 spiro atoms. The van der Waals surface area contributed by atoms with Crippen molar-refractivity contribution in [3.8, 4) is 0 Å². The van der Waals surface area contributed by atoms with Crippen molar-refractivity contribution in [3.05, 3.63) is 28.8 Å². The molecule has 21 heavy (non-hydrogen) atoms. The molecule has 0 bridgehead atoms. The maximum absolute atomic E-state index is 12.7. The quantitative estimate of drug-likeness (QED) is 0.903. The average molecular weight is 331 g/mol. The molecule has 4 nitrogen and oxygen atoms in total. The predicted molar refractivity (Wildman–Crippen MR) is 86.0 cm³/mol. The molecule has 0 aliphatic carbocycles. The van der Waals surface area contributed by atoms with Crippen LogP contribution < -0.4 is 5.32 Å². The minimum atomic E-state index is -3.43. The zero-order chi connectivity index (χ0) is 15.5. The Kier molecular flexibility index (Phi) is 5.66. The topological polar surface area (TPSA) is 49.4 Å². The van der Waals surface area contributed by atoms with Crippen LogP contribution in [-0.2, 0) is 16.6 Å². The van der Waals surface area contributed by atoms with E-state index in [2.05, 4.69) is 12.2 Å². The molecule has 1 aromatic rings. The molecule has 0 radical (unpaired) electrons. The lowest BCUT2D eigenvalue weighted by Gasteiger charge is -2.31. The van der Waals surface area contributed by atoms with Crippen LogP contribution in [0.25, 0.3) is 0 Å². The van der Waals surface area contributed by atoms with Gasteiger partial charge in [0.15, 0.2) is 0 Å². The van der Waals surface area contributed by atoms with Crippen molar-refractivity contribution >= 4 is 21.6 Å². The van der Waals surface area contributed by atoms with Gasteiger partial charge in [0.1, 0.15) is 0 Å². The molecule has 2 rings (SSSR count). The number of hydrogen-bond acceptors (Lipinski definition) is 3. The van der Waals surface area contributed by atoms with Gasteiger partial charge in [0.05, 0.1) is 4.90 Å². The third-order valence-corrected chi connectivity index (χ3v) is 6.30. The highest BCUT2D eigenvalue weighted by Crippen LogP contribution is 2.27. The number of halogens is 1. The molecule has 1 heterocycles. The minimum absolute atomic E-state index is 0.295. The Bertz CT molecular complexity index is 589. The van der Waals surface area contributed by atoms with Gasteiger partial charge in [-0.2, -0.15) is 4.31 Å². The largest absolute Gasteiger partial charge is 0.316 e. The molecule has 1 fully saturated rings. The van der Waals surface area contributed by atoms with Gasteiger partial charge in [-0.1, -0.05) is 31.0 Å². The van der Waals surface area contributed by atoms with Gasteiger partial charge in [-0.15, -0.1) is 0 Å². The maximum Gasteiger partial charge on any atom is 0.243 e. The summed E-state index contributed by atoms with van der Waals surface area (Å²) >= 11 is 6.19. The van der Waals surface area contributed by atoms with Crippen molar-refractivity contribution in [2.75, 3.05) is 20.1 Å². The van der Waals surface area contributed by atoms with Crippen LogP contribution in [-0.4, -0.2) is 32.9 Å². The third kappa shape index (κ3) is 3.77. The molecule has 1 atom stereocenters. The fraction of sp³-hybridized carbons (Fsp3) is 0.600. The maximum atomic E-state index is 12.7. The fourth-order valence-electron chi connectivity index (χ4n) is 2.75.